The molecule has 0 spiro atoms. The van der Waals surface area contributed by atoms with Gasteiger partial charge in [0.15, 0.2) is 0 Å². The Morgan fingerprint density at radius 2 is 1.95 bits per heavy atom. The molecule has 4 rings (SSSR count). The summed E-state index contributed by atoms with van der Waals surface area (Å²) in [4.78, 5) is 23.6. The Kier molecular flexibility index (Phi) is 3.45. The lowest BCUT2D eigenvalue weighted by Gasteiger charge is -2.40. The SMILES string of the molecule is COC(C)c1ccc(NC(=O)C23CC(C(=O)O)(CO2)C3)cc1. The van der Waals surface area contributed by atoms with E-state index in [2.05, 4.69) is 5.32 Å². The molecule has 1 unspecified atom stereocenters. The molecule has 3 fully saturated rings. The van der Waals surface area contributed by atoms with Crippen molar-refractivity contribution in [2.75, 3.05) is 19.0 Å². The number of ether oxygens (including phenoxy) is 2. The molecule has 2 bridgehead atoms. The number of hydrogen-bond acceptors (Lipinski definition) is 4. The maximum absolute atomic E-state index is 12.4. The summed E-state index contributed by atoms with van der Waals surface area (Å²) < 4.78 is 10.7. The van der Waals surface area contributed by atoms with Crippen molar-refractivity contribution in [3.05, 3.63) is 29.8 Å². The molecule has 1 aliphatic carbocycles. The number of methoxy groups -OCH3 is 1. The van der Waals surface area contributed by atoms with Crippen molar-refractivity contribution in [2.24, 2.45) is 5.41 Å². The van der Waals surface area contributed by atoms with Crippen LogP contribution in [0, 0.1) is 5.41 Å². The molecule has 0 aromatic heterocycles. The molecule has 2 aliphatic heterocycles. The van der Waals surface area contributed by atoms with Crippen LogP contribution in [0.3, 0.4) is 0 Å². The van der Waals surface area contributed by atoms with E-state index in [1.54, 1.807) is 19.2 Å². The number of rotatable bonds is 5. The minimum atomic E-state index is -0.975. The number of hydrogen-bond donors (Lipinski definition) is 2. The number of carbonyl (C=O) groups is 2. The van der Waals surface area contributed by atoms with Gasteiger partial charge in [-0.25, -0.2) is 0 Å². The van der Waals surface area contributed by atoms with Crippen molar-refractivity contribution in [2.45, 2.75) is 31.5 Å². The number of carboxylic acids is 1. The predicted molar refractivity (Wildman–Crippen MR) is 78.5 cm³/mol. The largest absolute Gasteiger partial charge is 0.481 e. The fourth-order valence-electron chi connectivity index (χ4n) is 3.18. The monoisotopic (exact) mass is 305 g/mol. The minimum absolute atomic E-state index is 0.00988. The lowest BCUT2D eigenvalue weighted by atomic mass is 9.62. The summed E-state index contributed by atoms with van der Waals surface area (Å²) in [6.45, 7) is 2.05. The van der Waals surface area contributed by atoms with Crippen molar-refractivity contribution in [1.82, 2.24) is 0 Å². The van der Waals surface area contributed by atoms with E-state index in [1.165, 1.54) is 0 Å². The average molecular weight is 305 g/mol. The summed E-state index contributed by atoms with van der Waals surface area (Å²) in [6.07, 6.45) is 0.490. The predicted octanol–water partition coefficient (Wildman–Crippen LogP) is 1.97. The van der Waals surface area contributed by atoms with Gasteiger partial charge in [0.2, 0.25) is 0 Å². The molecule has 6 heteroatoms. The second kappa shape index (κ2) is 5.07. The van der Waals surface area contributed by atoms with E-state index in [4.69, 9.17) is 9.47 Å². The first-order valence-corrected chi connectivity index (χ1v) is 7.22. The minimum Gasteiger partial charge on any atom is -0.481 e. The lowest BCUT2D eigenvalue weighted by molar-refractivity contribution is -0.156. The van der Waals surface area contributed by atoms with Crippen LogP contribution in [0.5, 0.6) is 0 Å². The van der Waals surface area contributed by atoms with Crippen molar-refractivity contribution >= 4 is 17.6 Å². The van der Waals surface area contributed by atoms with Crippen LogP contribution in [0.2, 0.25) is 0 Å². The third-order valence-electron chi connectivity index (χ3n) is 4.73. The molecule has 22 heavy (non-hydrogen) atoms. The van der Waals surface area contributed by atoms with E-state index in [0.717, 1.165) is 5.56 Å². The summed E-state index contributed by atoms with van der Waals surface area (Å²) >= 11 is 0. The van der Waals surface area contributed by atoms with Gasteiger partial charge < -0.3 is 19.9 Å². The van der Waals surface area contributed by atoms with Crippen LogP contribution in [0.1, 0.15) is 31.4 Å². The van der Waals surface area contributed by atoms with Crippen LogP contribution in [-0.4, -0.2) is 36.3 Å². The van der Waals surface area contributed by atoms with E-state index in [1.807, 2.05) is 19.1 Å². The van der Waals surface area contributed by atoms with Crippen LogP contribution in [0.15, 0.2) is 24.3 Å². The van der Waals surface area contributed by atoms with Crippen molar-refractivity contribution in [3.8, 4) is 0 Å². The summed E-state index contributed by atoms with van der Waals surface area (Å²) in [5.41, 5.74) is -0.162. The Morgan fingerprint density at radius 1 is 1.32 bits per heavy atom. The first-order valence-electron chi connectivity index (χ1n) is 7.22. The van der Waals surface area contributed by atoms with Crippen LogP contribution < -0.4 is 5.32 Å². The van der Waals surface area contributed by atoms with E-state index in [9.17, 15) is 14.7 Å². The van der Waals surface area contributed by atoms with Gasteiger partial charge in [-0.05, 0) is 24.6 Å². The van der Waals surface area contributed by atoms with E-state index >= 15 is 0 Å². The zero-order valence-electron chi connectivity index (χ0n) is 12.6. The van der Waals surface area contributed by atoms with Crippen molar-refractivity contribution in [3.63, 3.8) is 0 Å². The van der Waals surface area contributed by atoms with Crippen LogP contribution in [-0.2, 0) is 19.1 Å². The highest BCUT2D eigenvalue weighted by Gasteiger charge is 2.70. The molecule has 6 nitrogen and oxygen atoms in total. The highest BCUT2D eigenvalue weighted by atomic mass is 16.5. The molecule has 118 valence electrons. The Bertz CT molecular complexity index is 603. The average Bonchev–Trinajstić information content (AvgIpc) is 3.05. The summed E-state index contributed by atoms with van der Waals surface area (Å²) in [5.74, 6) is -1.15. The molecule has 0 radical (unpaired) electrons. The summed E-state index contributed by atoms with van der Waals surface area (Å²) in [7, 11) is 1.64. The second-order valence-corrected chi connectivity index (χ2v) is 6.18. The number of benzene rings is 1. The second-order valence-electron chi connectivity index (χ2n) is 6.18. The summed E-state index contributed by atoms with van der Waals surface area (Å²) in [6, 6.07) is 7.38. The number of aliphatic carboxylic acids is 1. The van der Waals surface area contributed by atoms with Gasteiger partial charge in [0.25, 0.3) is 5.91 Å². The van der Waals surface area contributed by atoms with Crippen LogP contribution in [0.4, 0.5) is 5.69 Å². The van der Waals surface area contributed by atoms with Gasteiger partial charge in [-0.3, -0.25) is 9.59 Å². The Balaban J connectivity index is 1.65. The fourth-order valence-corrected chi connectivity index (χ4v) is 3.18. The van der Waals surface area contributed by atoms with Gasteiger partial charge in [-0.15, -0.1) is 0 Å². The van der Waals surface area contributed by atoms with E-state index < -0.39 is 17.0 Å². The molecule has 1 aromatic rings. The zero-order valence-corrected chi connectivity index (χ0v) is 12.6. The molecular formula is C16H19NO5. The Hall–Kier alpha value is -1.92. The number of nitrogens with one attached hydrogen (secondary N) is 1. The van der Waals surface area contributed by atoms with Crippen LogP contribution in [0.25, 0.3) is 0 Å². The summed E-state index contributed by atoms with van der Waals surface area (Å²) in [5, 5.41) is 12.0. The van der Waals surface area contributed by atoms with Crippen molar-refractivity contribution in [1.29, 1.82) is 0 Å². The molecule has 2 heterocycles. The highest BCUT2D eigenvalue weighted by molar-refractivity contribution is 6.00. The van der Waals surface area contributed by atoms with Crippen molar-refractivity contribution < 1.29 is 24.2 Å². The highest BCUT2D eigenvalue weighted by Crippen LogP contribution is 2.58. The zero-order chi connectivity index (χ0) is 16.0. The van der Waals surface area contributed by atoms with Gasteiger partial charge in [0.1, 0.15) is 5.60 Å². The Morgan fingerprint density at radius 3 is 2.45 bits per heavy atom. The van der Waals surface area contributed by atoms with Gasteiger partial charge in [0, 0.05) is 25.6 Å². The molecule has 2 saturated heterocycles. The third-order valence-corrected chi connectivity index (χ3v) is 4.73. The normalized spacial score (nSPS) is 30.5. The number of carboxylic acid groups (broad SMARTS) is 1. The van der Waals surface area contributed by atoms with Gasteiger partial charge in [0.05, 0.1) is 18.1 Å². The fraction of sp³-hybridized carbons (Fsp3) is 0.500. The van der Waals surface area contributed by atoms with Gasteiger partial charge in [-0.2, -0.15) is 0 Å². The number of carbonyl (C=O) groups excluding carboxylic acids is 1. The lowest BCUT2D eigenvalue weighted by Crippen LogP contribution is -2.55. The molecule has 1 atom stereocenters. The van der Waals surface area contributed by atoms with E-state index in [-0.39, 0.29) is 31.5 Å². The molecule has 1 saturated carbocycles. The molecule has 2 N–H and O–H groups in total. The van der Waals surface area contributed by atoms with Gasteiger partial charge in [-0.1, -0.05) is 12.1 Å². The maximum atomic E-state index is 12.4. The first kappa shape index (κ1) is 15.0. The Labute approximate surface area is 128 Å². The number of amides is 1. The number of fused-ring (bicyclic) bond motifs is 1. The smallest absolute Gasteiger partial charge is 0.312 e. The quantitative estimate of drug-likeness (QED) is 0.868. The first-order chi connectivity index (χ1) is 10.4. The number of anilines is 1. The molecule has 3 aliphatic rings. The molecular weight excluding hydrogens is 286 g/mol. The van der Waals surface area contributed by atoms with Crippen LogP contribution >= 0.6 is 0 Å². The molecule has 1 amide bonds. The maximum Gasteiger partial charge on any atom is 0.312 e. The standard InChI is InChI=1S/C16H19NO5/c1-10(21-2)11-3-5-12(6-4-11)17-13(18)16-7-15(8-16,9-22-16)14(19)20/h3-6,10H,7-9H2,1-2H3,(H,17,18)(H,19,20). The van der Waals surface area contributed by atoms with E-state index in [0.29, 0.717) is 5.69 Å². The molecule has 1 aromatic carbocycles. The van der Waals surface area contributed by atoms with Gasteiger partial charge >= 0.3 is 5.97 Å². The topological polar surface area (TPSA) is 84.9 Å². The third kappa shape index (κ3) is 2.19.